The summed E-state index contributed by atoms with van der Waals surface area (Å²) in [5.41, 5.74) is 2.35. The van der Waals surface area contributed by atoms with E-state index in [4.69, 9.17) is 9.47 Å². The molecular weight excluding hydrogens is 330 g/mol. The summed E-state index contributed by atoms with van der Waals surface area (Å²) < 4.78 is 12.5. The molecule has 3 nitrogen and oxygen atoms in total. The Morgan fingerprint density at radius 3 is 2.43 bits per heavy atom. The standard InChI is InChI=1S/C17H20BrNO2/c1-13-7-8-17(15(18)11-13)21-10-9-20-16-6-4-3-5-14(16)12-19-2/h3-8,11,19H,9-10,12H2,1-2H3. The van der Waals surface area contributed by atoms with Crippen molar-refractivity contribution < 1.29 is 9.47 Å². The summed E-state index contributed by atoms with van der Waals surface area (Å²) in [5.74, 6) is 1.74. The highest BCUT2D eigenvalue weighted by atomic mass is 79.9. The molecule has 0 aliphatic rings. The molecule has 1 N–H and O–H groups in total. The number of benzene rings is 2. The lowest BCUT2D eigenvalue weighted by Crippen LogP contribution is -2.12. The summed E-state index contributed by atoms with van der Waals surface area (Å²) in [5, 5.41) is 3.14. The molecule has 0 saturated heterocycles. The first-order chi connectivity index (χ1) is 10.2. The molecule has 0 unspecified atom stereocenters. The Morgan fingerprint density at radius 1 is 1.00 bits per heavy atom. The van der Waals surface area contributed by atoms with Crippen molar-refractivity contribution in [2.45, 2.75) is 13.5 Å². The zero-order valence-electron chi connectivity index (χ0n) is 12.4. The Labute approximate surface area is 134 Å². The number of hydrogen-bond donors (Lipinski definition) is 1. The molecule has 2 aromatic rings. The zero-order chi connectivity index (χ0) is 15.1. The monoisotopic (exact) mass is 349 g/mol. The van der Waals surface area contributed by atoms with Crippen molar-refractivity contribution in [2.75, 3.05) is 20.3 Å². The molecule has 112 valence electrons. The Bertz CT molecular complexity index is 587. The Kier molecular flexibility index (Phi) is 6.08. The van der Waals surface area contributed by atoms with E-state index in [0.29, 0.717) is 13.2 Å². The second-order valence-corrected chi connectivity index (χ2v) is 5.62. The van der Waals surface area contributed by atoms with Crippen molar-refractivity contribution >= 4 is 15.9 Å². The molecule has 0 aromatic heterocycles. The van der Waals surface area contributed by atoms with Crippen molar-refractivity contribution in [1.29, 1.82) is 0 Å². The van der Waals surface area contributed by atoms with Crippen molar-refractivity contribution in [3.63, 3.8) is 0 Å². The van der Waals surface area contributed by atoms with Crippen molar-refractivity contribution in [3.05, 3.63) is 58.1 Å². The fourth-order valence-electron chi connectivity index (χ4n) is 2.01. The van der Waals surface area contributed by atoms with Gasteiger partial charge in [0, 0.05) is 12.1 Å². The molecular formula is C17H20BrNO2. The van der Waals surface area contributed by atoms with Crippen LogP contribution in [0.25, 0.3) is 0 Å². The van der Waals surface area contributed by atoms with Crippen LogP contribution in [0.4, 0.5) is 0 Å². The minimum Gasteiger partial charge on any atom is -0.490 e. The third kappa shape index (κ3) is 4.76. The first-order valence-corrected chi connectivity index (χ1v) is 7.74. The molecule has 0 aliphatic carbocycles. The second kappa shape index (κ2) is 8.05. The molecule has 4 heteroatoms. The van der Waals surface area contributed by atoms with E-state index in [-0.39, 0.29) is 0 Å². The molecule has 2 rings (SSSR count). The van der Waals surface area contributed by atoms with Crippen LogP contribution in [0.2, 0.25) is 0 Å². The lowest BCUT2D eigenvalue weighted by molar-refractivity contribution is 0.215. The lowest BCUT2D eigenvalue weighted by Gasteiger charge is -2.12. The van der Waals surface area contributed by atoms with E-state index in [0.717, 1.165) is 28.1 Å². The molecule has 0 saturated carbocycles. The van der Waals surface area contributed by atoms with Gasteiger partial charge in [0.05, 0.1) is 4.47 Å². The van der Waals surface area contributed by atoms with Gasteiger partial charge in [-0.3, -0.25) is 0 Å². The largest absolute Gasteiger partial charge is 0.490 e. The van der Waals surface area contributed by atoms with E-state index in [1.165, 1.54) is 5.56 Å². The number of halogens is 1. The average molecular weight is 350 g/mol. The fourth-order valence-corrected chi connectivity index (χ4v) is 2.62. The van der Waals surface area contributed by atoms with Gasteiger partial charge in [0.25, 0.3) is 0 Å². The smallest absolute Gasteiger partial charge is 0.133 e. The molecule has 0 radical (unpaired) electrons. The molecule has 0 spiro atoms. The minimum atomic E-state index is 0.509. The minimum absolute atomic E-state index is 0.509. The summed E-state index contributed by atoms with van der Waals surface area (Å²) in [6.07, 6.45) is 0. The Morgan fingerprint density at radius 2 is 1.71 bits per heavy atom. The van der Waals surface area contributed by atoms with Gasteiger partial charge in [-0.15, -0.1) is 0 Å². The Hall–Kier alpha value is -1.52. The van der Waals surface area contributed by atoms with Gasteiger partial charge in [0.15, 0.2) is 0 Å². The van der Waals surface area contributed by atoms with Gasteiger partial charge < -0.3 is 14.8 Å². The van der Waals surface area contributed by atoms with Crippen LogP contribution in [-0.2, 0) is 6.54 Å². The van der Waals surface area contributed by atoms with Gasteiger partial charge in [-0.05, 0) is 53.7 Å². The van der Waals surface area contributed by atoms with Gasteiger partial charge in [-0.2, -0.15) is 0 Å². The highest BCUT2D eigenvalue weighted by Crippen LogP contribution is 2.25. The fraction of sp³-hybridized carbons (Fsp3) is 0.294. The van der Waals surface area contributed by atoms with Crippen molar-refractivity contribution in [1.82, 2.24) is 5.32 Å². The van der Waals surface area contributed by atoms with Crippen molar-refractivity contribution in [2.24, 2.45) is 0 Å². The number of hydrogen-bond acceptors (Lipinski definition) is 3. The van der Waals surface area contributed by atoms with Crippen LogP contribution < -0.4 is 14.8 Å². The lowest BCUT2D eigenvalue weighted by atomic mass is 10.2. The SMILES string of the molecule is CNCc1ccccc1OCCOc1ccc(C)cc1Br. The van der Waals surface area contributed by atoms with Crippen LogP contribution in [0.5, 0.6) is 11.5 Å². The number of rotatable bonds is 7. The number of para-hydroxylation sites is 1. The maximum atomic E-state index is 5.79. The summed E-state index contributed by atoms with van der Waals surface area (Å²) in [7, 11) is 1.93. The molecule has 21 heavy (non-hydrogen) atoms. The van der Waals surface area contributed by atoms with Gasteiger partial charge in [0.2, 0.25) is 0 Å². The first kappa shape index (κ1) is 15.9. The molecule has 0 fully saturated rings. The second-order valence-electron chi connectivity index (χ2n) is 4.77. The number of ether oxygens (including phenoxy) is 2. The highest BCUT2D eigenvalue weighted by molar-refractivity contribution is 9.10. The normalized spacial score (nSPS) is 10.4. The van der Waals surface area contributed by atoms with Gasteiger partial charge in [-0.25, -0.2) is 0 Å². The maximum Gasteiger partial charge on any atom is 0.133 e. The quantitative estimate of drug-likeness (QED) is 0.768. The molecule has 0 heterocycles. The third-order valence-electron chi connectivity index (χ3n) is 3.03. The van der Waals surface area contributed by atoms with Crippen LogP contribution in [-0.4, -0.2) is 20.3 Å². The molecule has 0 atom stereocenters. The van der Waals surface area contributed by atoms with Crippen LogP contribution >= 0.6 is 15.9 Å². The summed E-state index contributed by atoms with van der Waals surface area (Å²) in [6, 6.07) is 14.1. The summed E-state index contributed by atoms with van der Waals surface area (Å²) in [6.45, 7) is 3.87. The van der Waals surface area contributed by atoms with Crippen LogP contribution in [0.15, 0.2) is 46.9 Å². The van der Waals surface area contributed by atoms with Crippen LogP contribution in [0.1, 0.15) is 11.1 Å². The molecule has 0 amide bonds. The molecule has 0 bridgehead atoms. The molecule has 0 aliphatic heterocycles. The molecule has 2 aromatic carbocycles. The first-order valence-electron chi connectivity index (χ1n) is 6.95. The predicted octanol–water partition coefficient (Wildman–Crippen LogP) is 3.93. The van der Waals surface area contributed by atoms with E-state index in [1.807, 2.05) is 43.4 Å². The average Bonchev–Trinajstić information content (AvgIpc) is 2.47. The predicted molar refractivity (Wildman–Crippen MR) is 89.1 cm³/mol. The van der Waals surface area contributed by atoms with E-state index in [9.17, 15) is 0 Å². The van der Waals surface area contributed by atoms with E-state index in [2.05, 4.69) is 34.2 Å². The van der Waals surface area contributed by atoms with E-state index < -0.39 is 0 Å². The van der Waals surface area contributed by atoms with Crippen molar-refractivity contribution in [3.8, 4) is 11.5 Å². The Balaban J connectivity index is 1.84. The topological polar surface area (TPSA) is 30.5 Å². The zero-order valence-corrected chi connectivity index (χ0v) is 13.9. The van der Waals surface area contributed by atoms with E-state index in [1.54, 1.807) is 0 Å². The number of nitrogens with one attached hydrogen (secondary N) is 1. The van der Waals surface area contributed by atoms with Gasteiger partial charge in [0.1, 0.15) is 24.7 Å². The van der Waals surface area contributed by atoms with Gasteiger partial charge in [-0.1, -0.05) is 24.3 Å². The van der Waals surface area contributed by atoms with E-state index >= 15 is 0 Å². The van der Waals surface area contributed by atoms with Crippen LogP contribution in [0, 0.1) is 6.92 Å². The summed E-state index contributed by atoms with van der Waals surface area (Å²) in [4.78, 5) is 0. The number of aryl methyl sites for hydroxylation is 1. The maximum absolute atomic E-state index is 5.79. The summed E-state index contributed by atoms with van der Waals surface area (Å²) >= 11 is 3.50. The third-order valence-corrected chi connectivity index (χ3v) is 3.65. The van der Waals surface area contributed by atoms with Gasteiger partial charge >= 0.3 is 0 Å². The highest BCUT2D eigenvalue weighted by Gasteiger charge is 2.03. The van der Waals surface area contributed by atoms with Crippen LogP contribution in [0.3, 0.4) is 0 Å².